The Morgan fingerprint density at radius 2 is 1.86 bits per heavy atom. The van der Waals surface area contributed by atoms with E-state index >= 15 is 0 Å². The lowest BCUT2D eigenvalue weighted by Gasteiger charge is -2.12. The highest BCUT2D eigenvalue weighted by Gasteiger charge is 2.08. The Kier molecular flexibility index (Phi) is 5.69. The van der Waals surface area contributed by atoms with Crippen LogP contribution in [0.2, 0.25) is 5.02 Å². The van der Waals surface area contributed by atoms with Crippen LogP contribution < -0.4 is 10.1 Å². The first-order valence-corrected chi connectivity index (χ1v) is 8.28. The molecular formula is C17H17ClINO2. The summed E-state index contributed by atoms with van der Waals surface area (Å²) in [4.78, 5) is 12.0. The van der Waals surface area contributed by atoms with Crippen LogP contribution in [0, 0.1) is 24.3 Å². The zero-order valence-electron chi connectivity index (χ0n) is 12.7. The Hall–Kier alpha value is -1.27. The second-order valence-electron chi connectivity index (χ2n) is 5.16. The highest BCUT2D eigenvalue weighted by molar-refractivity contribution is 14.1. The molecule has 0 atom stereocenters. The van der Waals surface area contributed by atoms with Gasteiger partial charge in [-0.2, -0.15) is 0 Å². The van der Waals surface area contributed by atoms with Crippen LogP contribution in [0.5, 0.6) is 5.75 Å². The normalized spacial score (nSPS) is 10.4. The minimum atomic E-state index is -0.184. The lowest BCUT2D eigenvalue weighted by molar-refractivity contribution is -0.118. The van der Waals surface area contributed by atoms with Gasteiger partial charge in [0.25, 0.3) is 5.91 Å². The van der Waals surface area contributed by atoms with Gasteiger partial charge in [0.05, 0.1) is 0 Å². The maximum atomic E-state index is 12.0. The molecule has 0 spiro atoms. The van der Waals surface area contributed by atoms with E-state index in [4.69, 9.17) is 16.3 Å². The first-order chi connectivity index (χ1) is 10.4. The molecule has 0 heterocycles. The number of aryl methyl sites for hydroxylation is 3. The van der Waals surface area contributed by atoms with Gasteiger partial charge in [0.1, 0.15) is 5.75 Å². The monoisotopic (exact) mass is 429 g/mol. The van der Waals surface area contributed by atoms with E-state index in [-0.39, 0.29) is 12.5 Å². The first-order valence-electron chi connectivity index (χ1n) is 6.82. The molecule has 0 unspecified atom stereocenters. The Bertz CT molecular complexity index is 716. The molecule has 2 rings (SSSR count). The molecule has 0 aliphatic heterocycles. The number of halogens is 2. The minimum absolute atomic E-state index is 0.0362. The van der Waals surface area contributed by atoms with Gasteiger partial charge in [-0.25, -0.2) is 0 Å². The second-order valence-corrected chi connectivity index (χ2v) is 6.73. The summed E-state index contributed by atoms with van der Waals surface area (Å²) < 4.78 is 6.68. The Balaban J connectivity index is 1.98. The molecule has 0 radical (unpaired) electrons. The molecule has 22 heavy (non-hydrogen) atoms. The van der Waals surface area contributed by atoms with Crippen molar-refractivity contribution in [1.29, 1.82) is 0 Å². The van der Waals surface area contributed by atoms with Crippen molar-refractivity contribution in [1.82, 2.24) is 0 Å². The predicted octanol–water partition coefficient (Wildman–Crippen LogP) is 4.89. The van der Waals surface area contributed by atoms with Crippen LogP contribution >= 0.6 is 34.2 Å². The lowest BCUT2D eigenvalue weighted by Crippen LogP contribution is -2.20. The number of carbonyl (C=O) groups is 1. The largest absolute Gasteiger partial charge is 0.484 e. The maximum Gasteiger partial charge on any atom is 0.262 e. The van der Waals surface area contributed by atoms with Gasteiger partial charge in [0, 0.05) is 14.3 Å². The average molecular weight is 430 g/mol. The molecule has 0 saturated carbocycles. The summed E-state index contributed by atoms with van der Waals surface area (Å²) in [6, 6.07) is 9.35. The zero-order chi connectivity index (χ0) is 16.3. The van der Waals surface area contributed by atoms with Crippen LogP contribution in [0.25, 0.3) is 0 Å². The van der Waals surface area contributed by atoms with Gasteiger partial charge < -0.3 is 10.1 Å². The topological polar surface area (TPSA) is 38.3 Å². The van der Waals surface area contributed by atoms with Crippen LogP contribution in [0.15, 0.2) is 30.3 Å². The molecule has 0 aliphatic carbocycles. The van der Waals surface area contributed by atoms with Crippen LogP contribution in [0.4, 0.5) is 5.69 Å². The second kappa shape index (κ2) is 7.33. The third-order valence-corrected chi connectivity index (χ3v) is 4.87. The highest BCUT2D eigenvalue weighted by atomic mass is 127. The quantitative estimate of drug-likeness (QED) is 0.703. The third kappa shape index (κ3) is 4.36. The van der Waals surface area contributed by atoms with Crippen molar-refractivity contribution >= 4 is 45.8 Å². The number of hydrogen-bond acceptors (Lipinski definition) is 2. The van der Waals surface area contributed by atoms with Crippen molar-refractivity contribution in [2.45, 2.75) is 20.8 Å². The van der Waals surface area contributed by atoms with E-state index in [2.05, 4.69) is 34.0 Å². The number of anilines is 1. The van der Waals surface area contributed by atoms with E-state index in [0.29, 0.717) is 10.8 Å². The van der Waals surface area contributed by atoms with Crippen LogP contribution in [-0.4, -0.2) is 12.5 Å². The Morgan fingerprint density at radius 3 is 2.55 bits per heavy atom. The number of benzene rings is 2. The SMILES string of the molecule is Cc1cc(OCC(=O)Nc2cc(C)c(I)cc2C)ccc1Cl. The Morgan fingerprint density at radius 1 is 1.14 bits per heavy atom. The highest BCUT2D eigenvalue weighted by Crippen LogP contribution is 2.23. The first kappa shape index (κ1) is 17.1. The number of rotatable bonds is 4. The molecule has 0 bridgehead atoms. The fourth-order valence-electron chi connectivity index (χ4n) is 1.96. The van der Waals surface area contributed by atoms with E-state index in [1.165, 1.54) is 3.57 Å². The van der Waals surface area contributed by atoms with Crippen LogP contribution in [0.1, 0.15) is 16.7 Å². The molecule has 116 valence electrons. The van der Waals surface area contributed by atoms with Crippen LogP contribution in [0.3, 0.4) is 0 Å². The van der Waals surface area contributed by atoms with Crippen molar-refractivity contribution in [3.63, 3.8) is 0 Å². The average Bonchev–Trinajstić information content (AvgIpc) is 2.46. The molecule has 2 aromatic carbocycles. The standard InChI is InChI=1S/C17H17ClINO2/c1-10-6-13(4-5-14(10)18)22-9-17(21)20-16-8-11(2)15(19)7-12(16)3/h4-8H,9H2,1-3H3,(H,20,21). The summed E-state index contributed by atoms with van der Waals surface area (Å²) >= 11 is 8.24. The number of hydrogen-bond donors (Lipinski definition) is 1. The van der Waals surface area contributed by atoms with Gasteiger partial charge in [-0.3, -0.25) is 4.79 Å². The van der Waals surface area contributed by atoms with Crippen molar-refractivity contribution < 1.29 is 9.53 Å². The summed E-state index contributed by atoms with van der Waals surface area (Å²) in [5, 5.41) is 3.56. The molecular weight excluding hydrogens is 413 g/mol. The van der Waals surface area contributed by atoms with E-state index in [1.54, 1.807) is 12.1 Å². The summed E-state index contributed by atoms with van der Waals surface area (Å²) in [5.74, 6) is 0.448. The van der Waals surface area contributed by atoms with Crippen molar-refractivity contribution in [3.8, 4) is 5.75 Å². The summed E-state index contributed by atoms with van der Waals surface area (Å²) in [5.41, 5.74) is 3.91. The molecule has 2 aromatic rings. The summed E-state index contributed by atoms with van der Waals surface area (Å²) in [6.45, 7) is 5.85. The van der Waals surface area contributed by atoms with Gasteiger partial charge in [0.15, 0.2) is 6.61 Å². The maximum absolute atomic E-state index is 12.0. The van der Waals surface area contributed by atoms with Gasteiger partial charge in [0.2, 0.25) is 0 Å². The predicted molar refractivity (Wildman–Crippen MR) is 98.9 cm³/mol. The van der Waals surface area contributed by atoms with Crippen molar-refractivity contribution in [2.24, 2.45) is 0 Å². The molecule has 3 nitrogen and oxygen atoms in total. The minimum Gasteiger partial charge on any atom is -0.484 e. The van der Waals surface area contributed by atoms with Gasteiger partial charge >= 0.3 is 0 Å². The smallest absolute Gasteiger partial charge is 0.262 e. The fraction of sp³-hybridized carbons (Fsp3) is 0.235. The molecule has 0 saturated heterocycles. The van der Waals surface area contributed by atoms with E-state index in [1.807, 2.05) is 32.9 Å². The van der Waals surface area contributed by atoms with Crippen molar-refractivity contribution in [2.75, 3.05) is 11.9 Å². The molecule has 5 heteroatoms. The summed E-state index contributed by atoms with van der Waals surface area (Å²) in [6.07, 6.45) is 0. The number of nitrogens with one attached hydrogen (secondary N) is 1. The number of carbonyl (C=O) groups excluding carboxylic acids is 1. The van der Waals surface area contributed by atoms with Gasteiger partial charge in [-0.05, 0) is 90.4 Å². The molecule has 0 aliphatic rings. The molecule has 0 fully saturated rings. The van der Waals surface area contributed by atoms with E-state index in [9.17, 15) is 4.79 Å². The fourth-order valence-corrected chi connectivity index (χ4v) is 2.70. The third-order valence-electron chi connectivity index (χ3n) is 3.28. The van der Waals surface area contributed by atoms with Gasteiger partial charge in [-0.15, -0.1) is 0 Å². The van der Waals surface area contributed by atoms with E-state index < -0.39 is 0 Å². The summed E-state index contributed by atoms with van der Waals surface area (Å²) in [7, 11) is 0. The van der Waals surface area contributed by atoms with Crippen LogP contribution in [-0.2, 0) is 4.79 Å². The van der Waals surface area contributed by atoms with Crippen molar-refractivity contribution in [3.05, 3.63) is 55.6 Å². The number of ether oxygens (including phenoxy) is 1. The zero-order valence-corrected chi connectivity index (χ0v) is 15.6. The lowest BCUT2D eigenvalue weighted by atomic mass is 10.1. The molecule has 1 N–H and O–H groups in total. The Labute approximate surface area is 149 Å². The molecule has 0 aromatic heterocycles. The number of amides is 1. The molecule has 1 amide bonds. The van der Waals surface area contributed by atoms with Gasteiger partial charge in [-0.1, -0.05) is 11.6 Å². The van der Waals surface area contributed by atoms with E-state index in [0.717, 1.165) is 22.4 Å².